The summed E-state index contributed by atoms with van der Waals surface area (Å²) in [6, 6.07) is 26.8. The van der Waals surface area contributed by atoms with Gasteiger partial charge in [0, 0.05) is 18.2 Å². The van der Waals surface area contributed by atoms with Crippen molar-refractivity contribution in [1.82, 2.24) is 9.97 Å². The van der Waals surface area contributed by atoms with Crippen LogP contribution < -0.4 is 19.5 Å². The predicted octanol–water partition coefficient (Wildman–Crippen LogP) is 5.49. The van der Waals surface area contributed by atoms with Gasteiger partial charge in [-0.25, -0.2) is 0 Å². The van der Waals surface area contributed by atoms with Gasteiger partial charge >= 0.3 is 6.01 Å². The minimum Gasteiger partial charge on any atom is -0.493 e. The number of ether oxygens (including phenoxy) is 3. The fourth-order valence-corrected chi connectivity index (χ4v) is 3.59. The zero-order valence-electron chi connectivity index (χ0n) is 19.0. The number of aromatic nitrogens is 2. The van der Waals surface area contributed by atoms with Crippen LogP contribution in [0, 0.1) is 0 Å². The van der Waals surface area contributed by atoms with E-state index in [4.69, 9.17) is 14.2 Å². The van der Waals surface area contributed by atoms with E-state index in [1.807, 2.05) is 42.5 Å². The van der Waals surface area contributed by atoms with E-state index in [2.05, 4.69) is 51.7 Å². The quantitative estimate of drug-likeness (QED) is 0.370. The van der Waals surface area contributed by atoms with Crippen molar-refractivity contribution in [2.24, 2.45) is 0 Å². The number of nitrogens with zero attached hydrogens (tertiary/aromatic N) is 2. The Morgan fingerprint density at radius 3 is 2.06 bits per heavy atom. The lowest BCUT2D eigenvalue weighted by atomic mass is 10.0. The lowest BCUT2D eigenvalue weighted by Crippen LogP contribution is -2.08. The molecule has 0 radical (unpaired) electrons. The van der Waals surface area contributed by atoms with Crippen molar-refractivity contribution in [2.45, 2.75) is 6.42 Å². The largest absolute Gasteiger partial charge is 0.493 e. The third-order valence-corrected chi connectivity index (χ3v) is 5.34. The first-order valence-electron chi connectivity index (χ1n) is 10.7. The van der Waals surface area contributed by atoms with Gasteiger partial charge < -0.3 is 19.5 Å². The number of benzene rings is 3. The zero-order valence-corrected chi connectivity index (χ0v) is 19.0. The summed E-state index contributed by atoms with van der Waals surface area (Å²) in [6.45, 7) is 0.696. The second kappa shape index (κ2) is 10.5. The number of hydrogen-bond donors (Lipinski definition) is 1. The normalized spacial score (nSPS) is 10.5. The summed E-state index contributed by atoms with van der Waals surface area (Å²) in [4.78, 5) is 8.97. The molecule has 1 heterocycles. The Morgan fingerprint density at radius 1 is 0.667 bits per heavy atom. The molecule has 0 atom stereocenters. The van der Waals surface area contributed by atoms with Crippen LogP contribution in [0.25, 0.3) is 22.4 Å². The minimum atomic E-state index is 0.327. The average molecular weight is 442 g/mol. The monoisotopic (exact) mass is 441 g/mol. The van der Waals surface area contributed by atoms with Gasteiger partial charge in [0.15, 0.2) is 11.5 Å². The average Bonchev–Trinajstić information content (AvgIpc) is 2.89. The molecule has 0 bridgehead atoms. The van der Waals surface area contributed by atoms with Gasteiger partial charge in [0.1, 0.15) is 5.82 Å². The summed E-state index contributed by atoms with van der Waals surface area (Å²) in [7, 11) is 4.85. The fraction of sp³-hybridized carbons (Fsp3) is 0.185. The molecule has 0 aliphatic heterocycles. The van der Waals surface area contributed by atoms with Gasteiger partial charge in [0.2, 0.25) is 0 Å². The molecular formula is C27H27N3O3. The van der Waals surface area contributed by atoms with Gasteiger partial charge in [-0.05, 0) is 35.2 Å². The van der Waals surface area contributed by atoms with Crippen molar-refractivity contribution in [2.75, 3.05) is 33.2 Å². The first-order valence-corrected chi connectivity index (χ1v) is 10.7. The first-order chi connectivity index (χ1) is 16.2. The number of hydrogen-bond acceptors (Lipinski definition) is 6. The minimum absolute atomic E-state index is 0.327. The molecule has 1 aromatic heterocycles. The lowest BCUT2D eigenvalue weighted by Gasteiger charge is -2.12. The summed E-state index contributed by atoms with van der Waals surface area (Å²) >= 11 is 0. The second-order valence-corrected chi connectivity index (χ2v) is 7.43. The van der Waals surface area contributed by atoms with Crippen LogP contribution in [0.5, 0.6) is 17.5 Å². The van der Waals surface area contributed by atoms with Gasteiger partial charge in [0.25, 0.3) is 0 Å². The topological polar surface area (TPSA) is 65.5 Å². The van der Waals surface area contributed by atoms with E-state index in [0.717, 1.165) is 40.3 Å². The summed E-state index contributed by atoms with van der Waals surface area (Å²) in [6.07, 6.45) is 0.799. The van der Waals surface area contributed by atoms with E-state index in [-0.39, 0.29) is 0 Å². The van der Waals surface area contributed by atoms with Crippen LogP contribution in [0.1, 0.15) is 5.56 Å². The Balaban J connectivity index is 1.48. The molecular weight excluding hydrogens is 414 g/mol. The van der Waals surface area contributed by atoms with Gasteiger partial charge in [0.05, 0.1) is 27.0 Å². The van der Waals surface area contributed by atoms with Crippen LogP contribution in [0.3, 0.4) is 0 Å². The van der Waals surface area contributed by atoms with Crippen molar-refractivity contribution >= 4 is 5.82 Å². The van der Waals surface area contributed by atoms with Crippen molar-refractivity contribution in [3.8, 4) is 39.9 Å². The molecule has 1 N–H and O–H groups in total. The molecule has 0 amide bonds. The Kier molecular flexibility index (Phi) is 7.05. The molecule has 33 heavy (non-hydrogen) atoms. The Hall–Kier alpha value is -4.06. The maximum atomic E-state index is 5.39. The fourth-order valence-electron chi connectivity index (χ4n) is 3.59. The SMILES string of the molecule is COc1nc(NCCc2ccc(OC)c(OC)c2)cc(-c2ccc(-c3ccccc3)cc2)n1. The highest BCUT2D eigenvalue weighted by Crippen LogP contribution is 2.28. The van der Waals surface area contributed by atoms with E-state index in [0.29, 0.717) is 18.4 Å². The van der Waals surface area contributed by atoms with Crippen molar-refractivity contribution in [3.05, 3.63) is 84.4 Å². The van der Waals surface area contributed by atoms with E-state index >= 15 is 0 Å². The molecule has 0 unspecified atom stereocenters. The molecule has 168 valence electrons. The Morgan fingerprint density at radius 2 is 1.36 bits per heavy atom. The molecule has 0 aliphatic rings. The number of rotatable bonds is 9. The molecule has 0 aliphatic carbocycles. The molecule has 0 saturated heterocycles. The van der Waals surface area contributed by atoms with E-state index in [1.54, 1.807) is 21.3 Å². The second-order valence-electron chi connectivity index (χ2n) is 7.43. The highest BCUT2D eigenvalue weighted by molar-refractivity contribution is 5.70. The lowest BCUT2D eigenvalue weighted by molar-refractivity contribution is 0.354. The van der Waals surface area contributed by atoms with E-state index < -0.39 is 0 Å². The van der Waals surface area contributed by atoms with E-state index in [9.17, 15) is 0 Å². The number of nitrogens with one attached hydrogen (secondary N) is 1. The van der Waals surface area contributed by atoms with Gasteiger partial charge in [-0.15, -0.1) is 0 Å². The van der Waals surface area contributed by atoms with Crippen LogP contribution in [-0.4, -0.2) is 37.8 Å². The van der Waals surface area contributed by atoms with E-state index in [1.165, 1.54) is 5.56 Å². The Labute approximate surface area is 194 Å². The van der Waals surface area contributed by atoms with Crippen LogP contribution in [0.4, 0.5) is 5.82 Å². The van der Waals surface area contributed by atoms with Crippen molar-refractivity contribution in [1.29, 1.82) is 0 Å². The van der Waals surface area contributed by atoms with Crippen LogP contribution in [-0.2, 0) is 6.42 Å². The summed E-state index contributed by atoms with van der Waals surface area (Å²) in [5.74, 6) is 2.15. The molecule has 0 fully saturated rings. The molecule has 6 heteroatoms. The summed E-state index contributed by atoms with van der Waals surface area (Å²) in [5, 5.41) is 3.38. The molecule has 0 spiro atoms. The van der Waals surface area contributed by atoms with Gasteiger partial charge in [-0.3, -0.25) is 0 Å². The zero-order chi connectivity index (χ0) is 23.0. The van der Waals surface area contributed by atoms with Gasteiger partial charge in [-0.2, -0.15) is 9.97 Å². The maximum absolute atomic E-state index is 5.39. The van der Waals surface area contributed by atoms with Gasteiger partial charge in [-0.1, -0.05) is 60.7 Å². The Bertz CT molecular complexity index is 1200. The maximum Gasteiger partial charge on any atom is 0.318 e. The molecule has 6 nitrogen and oxygen atoms in total. The summed E-state index contributed by atoms with van der Waals surface area (Å²) < 4.78 is 16.0. The van der Waals surface area contributed by atoms with Crippen molar-refractivity contribution < 1.29 is 14.2 Å². The highest BCUT2D eigenvalue weighted by atomic mass is 16.5. The highest BCUT2D eigenvalue weighted by Gasteiger charge is 2.09. The molecule has 4 aromatic rings. The molecule has 4 rings (SSSR count). The summed E-state index contributed by atoms with van der Waals surface area (Å²) in [5.41, 5.74) is 5.28. The van der Waals surface area contributed by atoms with Crippen LogP contribution in [0.2, 0.25) is 0 Å². The first kappa shape index (κ1) is 22.1. The van der Waals surface area contributed by atoms with Crippen LogP contribution in [0.15, 0.2) is 78.9 Å². The predicted molar refractivity (Wildman–Crippen MR) is 131 cm³/mol. The number of methoxy groups -OCH3 is 3. The third kappa shape index (κ3) is 5.41. The third-order valence-electron chi connectivity index (χ3n) is 5.34. The standard InChI is InChI=1S/C27H27N3O3/c1-31-24-14-9-19(17-25(24)32-2)15-16-28-26-18-23(29-27(30-26)33-3)22-12-10-21(11-13-22)20-7-5-4-6-8-20/h4-14,17-18H,15-16H2,1-3H3,(H,28,29,30). The van der Waals surface area contributed by atoms with Crippen LogP contribution >= 0.6 is 0 Å². The molecule has 0 saturated carbocycles. The van der Waals surface area contributed by atoms with Crippen molar-refractivity contribution in [3.63, 3.8) is 0 Å². The number of anilines is 1. The molecule has 3 aromatic carbocycles. The smallest absolute Gasteiger partial charge is 0.318 e.